The Hall–Kier alpha value is -4.92. The van der Waals surface area contributed by atoms with Gasteiger partial charge in [0, 0.05) is 44.5 Å². The van der Waals surface area contributed by atoms with Crippen LogP contribution < -0.4 is 21.8 Å². The van der Waals surface area contributed by atoms with Crippen LogP contribution in [0.4, 0.5) is 23.7 Å². The number of aliphatic hydroxyl groups is 1. The first-order chi connectivity index (χ1) is 22.0. The van der Waals surface area contributed by atoms with Crippen molar-refractivity contribution in [1.82, 2.24) is 29.2 Å². The van der Waals surface area contributed by atoms with Gasteiger partial charge in [-0.05, 0) is 42.0 Å². The molecule has 250 valence electrons. The molecule has 0 spiro atoms. The first kappa shape index (κ1) is 32.0. The molecule has 47 heavy (non-hydrogen) atoms. The Morgan fingerprint density at radius 3 is 2.55 bits per heavy atom. The molecule has 12 nitrogen and oxygen atoms in total. The molecule has 0 aliphatic carbocycles. The molecule has 1 fully saturated rings. The van der Waals surface area contributed by atoms with E-state index in [1.807, 2.05) is 25.7 Å². The number of likely N-dealkylation sites (N-methyl/N-ethyl adjacent to an activating group) is 1. The topological polar surface area (TPSA) is 150 Å². The number of aliphatic hydroxyl groups excluding tert-OH is 1. The average molecular weight is 654 g/mol. The van der Waals surface area contributed by atoms with Crippen molar-refractivity contribution >= 4 is 34.2 Å². The number of likely N-dealkylation sites (tertiary alicyclic amines) is 1. The second kappa shape index (κ2) is 11.1. The molecule has 2 unspecified atom stereocenters. The summed E-state index contributed by atoms with van der Waals surface area (Å²) in [7, 11) is 3.43. The molecule has 3 amide bonds. The molecule has 0 saturated carbocycles. The predicted molar refractivity (Wildman–Crippen MR) is 171 cm³/mol. The zero-order valence-electron chi connectivity index (χ0n) is 26.8. The van der Waals surface area contributed by atoms with Gasteiger partial charge in [0.15, 0.2) is 5.88 Å². The van der Waals surface area contributed by atoms with Gasteiger partial charge in [-0.2, -0.15) is 13.2 Å². The number of aromatic nitrogens is 3. The summed E-state index contributed by atoms with van der Waals surface area (Å²) in [4.78, 5) is 35.2. The lowest BCUT2D eigenvalue weighted by molar-refractivity contribution is -0.137. The molecule has 15 heteroatoms. The molecule has 4 aromatic rings. The van der Waals surface area contributed by atoms with E-state index in [1.165, 1.54) is 6.33 Å². The van der Waals surface area contributed by atoms with Gasteiger partial charge in [-0.15, -0.1) is 0 Å². The van der Waals surface area contributed by atoms with E-state index in [-0.39, 0.29) is 11.5 Å². The Balaban J connectivity index is 1.48. The third-order valence-corrected chi connectivity index (χ3v) is 9.12. The van der Waals surface area contributed by atoms with Crippen LogP contribution in [0.1, 0.15) is 48.8 Å². The minimum Gasteiger partial charge on any atom is -0.494 e. The zero-order chi connectivity index (χ0) is 34.2. The number of carbonyl (C=O) groups is 2. The Morgan fingerprint density at radius 2 is 1.89 bits per heavy atom. The third kappa shape index (κ3) is 5.37. The molecule has 2 aliphatic rings. The number of nitrogens with two attached hydrogens (primary N) is 2. The number of carbonyl (C=O) groups excluding carboxylic acids is 2. The highest BCUT2D eigenvalue weighted by molar-refractivity contribution is 6.05. The first-order valence-corrected chi connectivity index (χ1v) is 15.2. The number of rotatable bonds is 3. The van der Waals surface area contributed by atoms with E-state index in [0.717, 1.165) is 17.8 Å². The number of hydrogen-bond acceptors (Lipinski definition) is 7. The minimum absolute atomic E-state index is 0.0234. The Kier molecular flexibility index (Phi) is 7.57. The maximum absolute atomic E-state index is 14.8. The second-order valence-electron chi connectivity index (χ2n) is 13.4. The van der Waals surface area contributed by atoms with Crippen LogP contribution in [0.5, 0.6) is 0 Å². The highest BCUT2D eigenvalue weighted by atomic mass is 19.4. The quantitative estimate of drug-likeness (QED) is 0.111. The van der Waals surface area contributed by atoms with Gasteiger partial charge in [0.2, 0.25) is 0 Å². The van der Waals surface area contributed by atoms with Gasteiger partial charge >= 0.3 is 12.2 Å². The average Bonchev–Trinajstić information content (AvgIpc) is 3.68. The second-order valence-corrected chi connectivity index (χ2v) is 13.4. The van der Waals surface area contributed by atoms with E-state index in [2.05, 4.69) is 10.3 Å². The standard InChI is InChI=1S/C32H38F3N9O3/c1-31(2,3)28-20(39-30(47)44(37)15-23(36)45)9-12-43(28)29(46)22-13-17-8-11-40(4)27-24(18-7-6-10-42(22)26(17)18)19(32(33,34)35)14-21-25(27)38-16-41(21)5/h6-7,10,13-16,20,28,45H,8-9,11-12,36-37H2,1-5H3,(H,39,47)/b23-15+. The van der Waals surface area contributed by atoms with Crippen molar-refractivity contribution in [2.45, 2.75) is 51.9 Å². The molecule has 0 radical (unpaired) electrons. The van der Waals surface area contributed by atoms with Crippen LogP contribution in [0.25, 0.3) is 27.7 Å². The van der Waals surface area contributed by atoms with E-state index in [4.69, 9.17) is 11.6 Å². The number of aryl methyl sites for hydroxylation is 1. The largest absolute Gasteiger partial charge is 0.494 e. The molecule has 2 atom stereocenters. The van der Waals surface area contributed by atoms with Crippen LogP contribution >= 0.6 is 0 Å². The Bertz CT molecular complexity index is 1930. The van der Waals surface area contributed by atoms with Gasteiger partial charge in [-0.25, -0.2) is 20.6 Å². The van der Waals surface area contributed by atoms with Crippen molar-refractivity contribution in [3.63, 3.8) is 0 Å². The number of hydrogen-bond donors (Lipinski definition) is 4. The van der Waals surface area contributed by atoms with Gasteiger partial charge in [0.1, 0.15) is 11.2 Å². The number of alkyl halides is 3. The molecule has 6 rings (SSSR count). The fourth-order valence-corrected chi connectivity index (χ4v) is 7.24. The molecule has 2 aliphatic heterocycles. The maximum Gasteiger partial charge on any atom is 0.417 e. The van der Waals surface area contributed by atoms with E-state index < -0.39 is 41.2 Å². The number of hydrazine groups is 1. The SMILES string of the molecule is CN1CCc2cc(C(=O)N3CCC(NC(=O)N(N)/C=C(\N)O)C3C(C)(C)C)n3cccc(c23)-c2c(C(F)(F)F)cc3c(ncn3C)c21. The van der Waals surface area contributed by atoms with E-state index in [1.54, 1.807) is 52.4 Å². The number of nitrogens with one attached hydrogen (secondary N) is 1. The molecular weight excluding hydrogens is 615 g/mol. The lowest BCUT2D eigenvalue weighted by Crippen LogP contribution is -2.55. The number of amides is 3. The van der Waals surface area contributed by atoms with Gasteiger partial charge in [0.25, 0.3) is 5.91 Å². The molecule has 5 heterocycles. The zero-order valence-corrected chi connectivity index (χ0v) is 26.8. The number of anilines is 1. The number of benzene rings is 1. The number of urea groups is 1. The van der Waals surface area contributed by atoms with Crippen LogP contribution in [0.3, 0.4) is 0 Å². The number of pyridine rings is 1. The monoisotopic (exact) mass is 653 g/mol. The van der Waals surface area contributed by atoms with Crippen LogP contribution in [-0.2, 0) is 19.6 Å². The molecular formula is C32H38F3N9O3. The highest BCUT2D eigenvalue weighted by Gasteiger charge is 2.46. The smallest absolute Gasteiger partial charge is 0.417 e. The molecule has 6 N–H and O–H groups in total. The number of fused-ring (bicyclic) bond motifs is 4. The van der Waals surface area contributed by atoms with E-state index >= 15 is 0 Å². The number of halogens is 3. The van der Waals surface area contributed by atoms with Crippen LogP contribution in [0.2, 0.25) is 0 Å². The molecule has 0 bridgehead atoms. The lowest BCUT2D eigenvalue weighted by Gasteiger charge is -2.38. The van der Waals surface area contributed by atoms with Crippen molar-refractivity contribution in [1.29, 1.82) is 0 Å². The summed E-state index contributed by atoms with van der Waals surface area (Å²) in [5.74, 6) is 4.76. The molecule has 1 saturated heterocycles. The van der Waals surface area contributed by atoms with E-state index in [0.29, 0.717) is 64.4 Å². The molecule has 3 aromatic heterocycles. The van der Waals surface area contributed by atoms with Gasteiger partial charge in [-0.3, -0.25) is 4.79 Å². The van der Waals surface area contributed by atoms with Gasteiger partial charge < -0.3 is 34.9 Å². The van der Waals surface area contributed by atoms with Gasteiger partial charge in [0.05, 0.1) is 46.9 Å². The maximum atomic E-state index is 14.8. The normalized spacial score (nSPS) is 18.8. The fourth-order valence-electron chi connectivity index (χ4n) is 7.24. The third-order valence-electron chi connectivity index (χ3n) is 9.12. The fraction of sp³-hybridized carbons (Fsp3) is 0.406. The minimum atomic E-state index is -4.66. The lowest BCUT2D eigenvalue weighted by atomic mass is 9.82. The van der Waals surface area contributed by atoms with Crippen molar-refractivity contribution in [2.75, 3.05) is 25.0 Å². The summed E-state index contributed by atoms with van der Waals surface area (Å²) in [6.07, 6.45) is 0.332. The Morgan fingerprint density at radius 1 is 1.17 bits per heavy atom. The van der Waals surface area contributed by atoms with E-state index in [9.17, 15) is 27.9 Å². The van der Waals surface area contributed by atoms with Crippen LogP contribution in [0.15, 0.2) is 48.9 Å². The van der Waals surface area contributed by atoms with Crippen molar-refractivity contribution < 1.29 is 27.9 Å². The van der Waals surface area contributed by atoms with Crippen molar-refractivity contribution in [3.05, 3.63) is 65.7 Å². The highest BCUT2D eigenvalue weighted by Crippen LogP contribution is 2.48. The summed E-state index contributed by atoms with van der Waals surface area (Å²) in [6.45, 7) is 6.59. The van der Waals surface area contributed by atoms with Crippen LogP contribution in [0, 0.1) is 5.41 Å². The summed E-state index contributed by atoms with van der Waals surface area (Å²) >= 11 is 0. The summed E-state index contributed by atoms with van der Waals surface area (Å²) in [5, 5.41) is 12.8. The van der Waals surface area contributed by atoms with Gasteiger partial charge in [-0.1, -0.05) is 26.8 Å². The van der Waals surface area contributed by atoms with Crippen LogP contribution in [-0.4, -0.2) is 73.1 Å². The number of imidazole rings is 1. The summed E-state index contributed by atoms with van der Waals surface area (Å²) in [6, 6.07) is 4.59. The predicted octanol–water partition coefficient (Wildman–Crippen LogP) is 4.33. The van der Waals surface area contributed by atoms with Crippen molar-refractivity contribution in [3.8, 4) is 11.1 Å². The van der Waals surface area contributed by atoms with Crippen molar-refractivity contribution in [2.24, 2.45) is 24.0 Å². The molecule has 1 aromatic carbocycles. The first-order valence-electron chi connectivity index (χ1n) is 15.2. The summed E-state index contributed by atoms with van der Waals surface area (Å²) < 4.78 is 47.7. The summed E-state index contributed by atoms with van der Waals surface area (Å²) in [5.41, 5.74) is 7.20. The Labute approximate surface area is 269 Å². The number of nitrogens with zero attached hydrogens (tertiary/aromatic N) is 6.